The third-order valence-corrected chi connectivity index (χ3v) is 5.61. The molecule has 0 radical (unpaired) electrons. The zero-order valence-electron chi connectivity index (χ0n) is 19.8. The molecule has 3 unspecified atom stereocenters. The molecule has 174 valence electrons. The van der Waals surface area contributed by atoms with E-state index in [1.54, 1.807) is 0 Å². The second-order valence-electron chi connectivity index (χ2n) is 9.77. The molecule has 1 rings (SSSR count). The molecule has 0 N–H and O–H groups in total. The number of carbonyl (C=O) groups is 3. The molecule has 30 heavy (non-hydrogen) atoms. The Balaban J connectivity index is 2.73. The van der Waals surface area contributed by atoms with Crippen molar-refractivity contribution in [1.82, 2.24) is 0 Å². The second kappa shape index (κ2) is 13.7. The molecule has 0 heterocycles. The van der Waals surface area contributed by atoms with Crippen LogP contribution in [0.2, 0.25) is 0 Å². The minimum absolute atomic E-state index is 0.276. The molecule has 0 bridgehead atoms. The molecule has 0 saturated heterocycles. The maximum atomic E-state index is 12.8. The summed E-state index contributed by atoms with van der Waals surface area (Å²) in [5.74, 6) is -1.30. The van der Waals surface area contributed by atoms with E-state index in [9.17, 15) is 14.4 Å². The SMILES string of the molecule is CC(C)CCOC(=O)C1CCC(C(=O)OCCC(C)C)C(C(=O)OCCC(C)C)C1. The van der Waals surface area contributed by atoms with E-state index in [0.717, 1.165) is 19.3 Å². The van der Waals surface area contributed by atoms with Crippen LogP contribution in [0.3, 0.4) is 0 Å². The van der Waals surface area contributed by atoms with Crippen LogP contribution in [-0.2, 0) is 28.6 Å². The Labute approximate surface area is 182 Å². The van der Waals surface area contributed by atoms with Gasteiger partial charge in [-0.25, -0.2) is 0 Å². The van der Waals surface area contributed by atoms with Crippen LogP contribution in [0.5, 0.6) is 0 Å². The maximum Gasteiger partial charge on any atom is 0.309 e. The third kappa shape index (κ3) is 9.94. The Bertz CT molecular complexity index is 540. The van der Waals surface area contributed by atoms with Crippen molar-refractivity contribution in [3.8, 4) is 0 Å². The highest BCUT2D eigenvalue weighted by atomic mass is 16.5. The first-order valence-electron chi connectivity index (χ1n) is 11.6. The van der Waals surface area contributed by atoms with Crippen molar-refractivity contribution in [1.29, 1.82) is 0 Å². The summed E-state index contributed by atoms with van der Waals surface area (Å²) in [5.41, 5.74) is 0. The van der Waals surface area contributed by atoms with Gasteiger partial charge in [-0.05, 0) is 56.3 Å². The highest BCUT2D eigenvalue weighted by molar-refractivity contribution is 5.83. The number of rotatable bonds is 12. The summed E-state index contributed by atoms with van der Waals surface area (Å²) < 4.78 is 16.3. The zero-order chi connectivity index (χ0) is 22.7. The zero-order valence-corrected chi connectivity index (χ0v) is 19.8. The van der Waals surface area contributed by atoms with Crippen molar-refractivity contribution in [2.75, 3.05) is 19.8 Å². The van der Waals surface area contributed by atoms with E-state index >= 15 is 0 Å². The van der Waals surface area contributed by atoms with Gasteiger partial charge in [0.15, 0.2) is 0 Å². The quantitative estimate of drug-likeness (QED) is 0.330. The Kier molecular flexibility index (Phi) is 12.0. The van der Waals surface area contributed by atoms with Gasteiger partial charge < -0.3 is 14.2 Å². The predicted octanol–water partition coefficient (Wildman–Crippen LogP) is 4.79. The lowest BCUT2D eigenvalue weighted by atomic mass is 9.74. The van der Waals surface area contributed by atoms with Gasteiger partial charge in [0.25, 0.3) is 0 Å². The highest BCUT2D eigenvalue weighted by Crippen LogP contribution is 2.36. The first-order valence-corrected chi connectivity index (χ1v) is 11.6. The number of hydrogen-bond acceptors (Lipinski definition) is 6. The normalized spacial score (nSPS) is 21.7. The topological polar surface area (TPSA) is 78.9 Å². The molecule has 3 atom stereocenters. The first kappa shape index (κ1) is 26.4. The molecule has 1 aliphatic carbocycles. The fourth-order valence-corrected chi connectivity index (χ4v) is 3.44. The van der Waals surface area contributed by atoms with E-state index < -0.39 is 17.8 Å². The summed E-state index contributed by atoms with van der Waals surface area (Å²) in [6, 6.07) is 0. The molecular weight excluding hydrogens is 384 g/mol. The second-order valence-corrected chi connectivity index (χ2v) is 9.77. The van der Waals surface area contributed by atoms with Crippen LogP contribution in [0.1, 0.15) is 80.1 Å². The van der Waals surface area contributed by atoms with Gasteiger partial charge in [-0.2, -0.15) is 0 Å². The molecule has 0 aliphatic heterocycles. The van der Waals surface area contributed by atoms with Crippen LogP contribution in [0.15, 0.2) is 0 Å². The Morgan fingerprint density at radius 1 is 0.633 bits per heavy atom. The summed E-state index contributed by atoms with van der Waals surface area (Å²) >= 11 is 0. The minimum Gasteiger partial charge on any atom is -0.465 e. The average molecular weight is 427 g/mol. The lowest BCUT2D eigenvalue weighted by molar-refractivity contribution is -0.167. The smallest absolute Gasteiger partial charge is 0.309 e. The molecule has 0 aromatic heterocycles. The van der Waals surface area contributed by atoms with E-state index in [1.165, 1.54) is 0 Å². The van der Waals surface area contributed by atoms with Crippen LogP contribution >= 0.6 is 0 Å². The number of carbonyl (C=O) groups excluding carboxylic acids is 3. The van der Waals surface area contributed by atoms with Crippen LogP contribution in [0.25, 0.3) is 0 Å². The summed E-state index contributed by atoms with van der Waals surface area (Å²) in [6.07, 6.45) is 3.61. The summed E-state index contributed by atoms with van der Waals surface area (Å²) in [4.78, 5) is 37.9. The van der Waals surface area contributed by atoms with Gasteiger partial charge >= 0.3 is 17.9 Å². The maximum absolute atomic E-state index is 12.8. The molecule has 1 saturated carbocycles. The Morgan fingerprint density at radius 3 is 1.47 bits per heavy atom. The largest absolute Gasteiger partial charge is 0.465 e. The summed E-state index contributed by atoms with van der Waals surface area (Å²) in [7, 11) is 0. The van der Waals surface area contributed by atoms with Crippen LogP contribution in [0.4, 0.5) is 0 Å². The summed E-state index contributed by atoms with van der Waals surface area (Å²) in [5, 5.41) is 0. The van der Waals surface area contributed by atoms with Crippen molar-refractivity contribution in [2.45, 2.75) is 80.1 Å². The van der Waals surface area contributed by atoms with Crippen LogP contribution in [-0.4, -0.2) is 37.7 Å². The van der Waals surface area contributed by atoms with Crippen molar-refractivity contribution in [3.05, 3.63) is 0 Å². The molecular formula is C24H42O6. The van der Waals surface area contributed by atoms with Crippen molar-refractivity contribution in [3.63, 3.8) is 0 Å². The van der Waals surface area contributed by atoms with Gasteiger partial charge in [-0.3, -0.25) is 14.4 Å². The van der Waals surface area contributed by atoms with Crippen molar-refractivity contribution in [2.24, 2.45) is 35.5 Å². The van der Waals surface area contributed by atoms with Crippen molar-refractivity contribution < 1.29 is 28.6 Å². The molecule has 1 aliphatic rings. The predicted molar refractivity (Wildman–Crippen MR) is 116 cm³/mol. The standard InChI is InChI=1S/C24H42O6/c1-16(2)9-12-28-22(25)19-7-8-20(23(26)29-13-10-17(3)4)21(15-19)24(27)30-14-11-18(5)6/h16-21H,7-15H2,1-6H3. The average Bonchev–Trinajstić information content (AvgIpc) is 2.66. The lowest BCUT2D eigenvalue weighted by Crippen LogP contribution is -2.40. The van der Waals surface area contributed by atoms with E-state index in [2.05, 4.69) is 41.5 Å². The van der Waals surface area contributed by atoms with Gasteiger partial charge in [0.05, 0.1) is 37.6 Å². The number of ether oxygens (including phenoxy) is 3. The van der Waals surface area contributed by atoms with Crippen molar-refractivity contribution >= 4 is 17.9 Å². The van der Waals surface area contributed by atoms with Gasteiger partial charge in [-0.1, -0.05) is 41.5 Å². The fourth-order valence-electron chi connectivity index (χ4n) is 3.44. The van der Waals surface area contributed by atoms with Crippen LogP contribution < -0.4 is 0 Å². The first-order chi connectivity index (χ1) is 14.1. The summed E-state index contributed by atoms with van der Waals surface area (Å²) in [6.45, 7) is 13.5. The van der Waals surface area contributed by atoms with Crippen LogP contribution in [0, 0.1) is 35.5 Å². The van der Waals surface area contributed by atoms with E-state index in [0.29, 0.717) is 50.4 Å². The molecule has 6 nitrogen and oxygen atoms in total. The van der Waals surface area contributed by atoms with Gasteiger partial charge in [0, 0.05) is 0 Å². The lowest BCUT2D eigenvalue weighted by Gasteiger charge is -2.32. The molecule has 0 amide bonds. The Hall–Kier alpha value is -1.59. The minimum atomic E-state index is -0.653. The monoisotopic (exact) mass is 426 g/mol. The fraction of sp³-hybridized carbons (Fsp3) is 0.875. The number of hydrogen-bond donors (Lipinski definition) is 0. The molecule has 0 spiro atoms. The highest BCUT2D eigenvalue weighted by Gasteiger charge is 2.43. The molecule has 0 aromatic rings. The number of esters is 3. The van der Waals surface area contributed by atoms with Gasteiger partial charge in [0.1, 0.15) is 0 Å². The van der Waals surface area contributed by atoms with E-state index in [-0.39, 0.29) is 24.3 Å². The van der Waals surface area contributed by atoms with E-state index in [1.807, 2.05) is 0 Å². The van der Waals surface area contributed by atoms with E-state index in [4.69, 9.17) is 14.2 Å². The Morgan fingerprint density at radius 2 is 1.03 bits per heavy atom. The van der Waals surface area contributed by atoms with Gasteiger partial charge in [-0.15, -0.1) is 0 Å². The van der Waals surface area contributed by atoms with Gasteiger partial charge in [0.2, 0.25) is 0 Å². The third-order valence-electron chi connectivity index (χ3n) is 5.61. The molecule has 1 fully saturated rings. The molecule has 6 heteroatoms. The molecule has 0 aromatic carbocycles.